The standard InChI is InChI=1S/C13H18/c1-5-10(2)6-7-11(3)13-9-8-12(13)4/h5-9,12-13H,3H2,1-2,4H3/b7-6-,10-5-. The molecule has 0 amide bonds. The summed E-state index contributed by atoms with van der Waals surface area (Å²) in [5, 5.41) is 0. The smallest absolute Gasteiger partial charge is 0.00723 e. The first-order valence-corrected chi connectivity index (χ1v) is 4.83. The maximum Gasteiger partial charge on any atom is 0.00723 e. The highest BCUT2D eigenvalue weighted by Gasteiger charge is 2.20. The lowest BCUT2D eigenvalue weighted by molar-refractivity contribution is 0.535. The van der Waals surface area contributed by atoms with Crippen molar-refractivity contribution in [2.75, 3.05) is 0 Å². The van der Waals surface area contributed by atoms with E-state index in [4.69, 9.17) is 0 Å². The van der Waals surface area contributed by atoms with Crippen molar-refractivity contribution in [3.8, 4) is 0 Å². The highest BCUT2D eigenvalue weighted by atomic mass is 14.2. The van der Waals surface area contributed by atoms with Crippen LogP contribution in [-0.4, -0.2) is 0 Å². The van der Waals surface area contributed by atoms with Crippen LogP contribution in [0, 0.1) is 11.8 Å². The van der Waals surface area contributed by atoms with E-state index < -0.39 is 0 Å². The topological polar surface area (TPSA) is 0 Å². The SMILES string of the molecule is C=C(/C=C\C(C)=C/C)C1C=CC1C. The van der Waals surface area contributed by atoms with E-state index in [0.717, 1.165) is 0 Å². The van der Waals surface area contributed by atoms with Crippen LogP contribution in [0.3, 0.4) is 0 Å². The summed E-state index contributed by atoms with van der Waals surface area (Å²) in [6, 6.07) is 0. The van der Waals surface area contributed by atoms with Crippen molar-refractivity contribution in [2.24, 2.45) is 11.8 Å². The van der Waals surface area contributed by atoms with Crippen molar-refractivity contribution in [3.63, 3.8) is 0 Å². The molecule has 0 fully saturated rings. The van der Waals surface area contributed by atoms with Crippen molar-refractivity contribution in [3.05, 3.63) is 48.1 Å². The van der Waals surface area contributed by atoms with Crippen LogP contribution in [-0.2, 0) is 0 Å². The van der Waals surface area contributed by atoms with Gasteiger partial charge in [0, 0.05) is 5.92 Å². The van der Waals surface area contributed by atoms with Gasteiger partial charge >= 0.3 is 0 Å². The molecule has 0 saturated carbocycles. The van der Waals surface area contributed by atoms with Gasteiger partial charge in [-0.1, -0.05) is 49.5 Å². The minimum absolute atomic E-state index is 0.570. The number of hydrogen-bond acceptors (Lipinski definition) is 0. The second-order valence-electron chi connectivity index (χ2n) is 3.71. The van der Waals surface area contributed by atoms with Gasteiger partial charge in [-0.15, -0.1) is 0 Å². The van der Waals surface area contributed by atoms with E-state index in [2.05, 4.69) is 50.8 Å². The van der Waals surface area contributed by atoms with Crippen LogP contribution in [0.1, 0.15) is 20.8 Å². The van der Waals surface area contributed by atoms with Crippen LogP contribution >= 0.6 is 0 Å². The number of hydrogen-bond donors (Lipinski definition) is 0. The van der Waals surface area contributed by atoms with Gasteiger partial charge in [-0.2, -0.15) is 0 Å². The van der Waals surface area contributed by atoms with Gasteiger partial charge in [0.15, 0.2) is 0 Å². The van der Waals surface area contributed by atoms with E-state index in [9.17, 15) is 0 Å². The van der Waals surface area contributed by atoms with Crippen molar-refractivity contribution >= 4 is 0 Å². The highest BCUT2D eigenvalue weighted by Crippen LogP contribution is 2.31. The first kappa shape index (κ1) is 10.0. The largest absolute Gasteiger partial charge is 0.0952 e. The van der Waals surface area contributed by atoms with Crippen LogP contribution in [0.2, 0.25) is 0 Å². The van der Waals surface area contributed by atoms with Gasteiger partial charge in [0.1, 0.15) is 0 Å². The molecule has 1 aliphatic carbocycles. The third-order valence-electron chi connectivity index (χ3n) is 2.63. The monoisotopic (exact) mass is 174 g/mol. The summed E-state index contributed by atoms with van der Waals surface area (Å²) in [6.45, 7) is 10.4. The van der Waals surface area contributed by atoms with Crippen molar-refractivity contribution in [1.82, 2.24) is 0 Å². The first-order chi connectivity index (χ1) is 6.15. The molecule has 0 heteroatoms. The molecule has 2 unspecified atom stereocenters. The molecule has 0 spiro atoms. The quantitative estimate of drug-likeness (QED) is 0.450. The zero-order valence-corrected chi connectivity index (χ0v) is 8.75. The molecule has 0 saturated heterocycles. The summed E-state index contributed by atoms with van der Waals surface area (Å²) in [6.07, 6.45) is 10.8. The lowest BCUT2D eigenvalue weighted by Crippen LogP contribution is -2.16. The molecule has 0 heterocycles. The maximum atomic E-state index is 4.07. The third-order valence-corrected chi connectivity index (χ3v) is 2.63. The van der Waals surface area contributed by atoms with Gasteiger partial charge < -0.3 is 0 Å². The average molecular weight is 174 g/mol. The molecule has 0 bridgehead atoms. The Labute approximate surface area is 81.4 Å². The first-order valence-electron chi connectivity index (χ1n) is 4.83. The third kappa shape index (κ3) is 2.45. The van der Waals surface area contributed by atoms with E-state index in [0.29, 0.717) is 11.8 Å². The number of allylic oxidation sites excluding steroid dienone is 7. The van der Waals surface area contributed by atoms with Crippen molar-refractivity contribution < 1.29 is 0 Å². The summed E-state index contributed by atoms with van der Waals surface area (Å²) in [5.74, 6) is 1.24. The zero-order valence-electron chi connectivity index (χ0n) is 8.75. The molecular formula is C13H18. The van der Waals surface area contributed by atoms with Crippen LogP contribution in [0.4, 0.5) is 0 Å². The van der Waals surface area contributed by atoms with Gasteiger partial charge in [-0.3, -0.25) is 0 Å². The van der Waals surface area contributed by atoms with E-state index in [1.807, 2.05) is 6.92 Å². The second-order valence-corrected chi connectivity index (χ2v) is 3.71. The van der Waals surface area contributed by atoms with Gasteiger partial charge in [0.05, 0.1) is 0 Å². The molecule has 0 nitrogen and oxygen atoms in total. The van der Waals surface area contributed by atoms with Gasteiger partial charge in [-0.25, -0.2) is 0 Å². The van der Waals surface area contributed by atoms with Crippen LogP contribution in [0.15, 0.2) is 48.1 Å². The maximum absolute atomic E-state index is 4.07. The fraction of sp³-hybridized carbons (Fsp3) is 0.385. The Morgan fingerprint density at radius 2 is 2.00 bits per heavy atom. The van der Waals surface area contributed by atoms with Crippen LogP contribution in [0.25, 0.3) is 0 Å². The minimum atomic E-state index is 0.570. The van der Waals surface area contributed by atoms with Crippen LogP contribution < -0.4 is 0 Å². The van der Waals surface area contributed by atoms with Crippen molar-refractivity contribution in [1.29, 1.82) is 0 Å². The zero-order chi connectivity index (χ0) is 9.84. The Balaban J connectivity index is 2.51. The van der Waals surface area contributed by atoms with Gasteiger partial charge in [0.2, 0.25) is 0 Å². The van der Waals surface area contributed by atoms with Crippen molar-refractivity contribution in [2.45, 2.75) is 20.8 Å². The Morgan fingerprint density at radius 3 is 2.38 bits per heavy atom. The number of rotatable bonds is 3. The summed E-state index contributed by atoms with van der Waals surface area (Å²) >= 11 is 0. The lowest BCUT2D eigenvalue weighted by atomic mass is 9.79. The molecule has 0 aromatic rings. The van der Waals surface area contributed by atoms with Gasteiger partial charge in [0.25, 0.3) is 0 Å². The fourth-order valence-electron chi connectivity index (χ4n) is 1.35. The summed E-state index contributed by atoms with van der Waals surface area (Å²) < 4.78 is 0. The lowest BCUT2D eigenvalue weighted by Gasteiger charge is -2.26. The molecule has 70 valence electrons. The van der Waals surface area contributed by atoms with E-state index >= 15 is 0 Å². The predicted octanol–water partition coefficient (Wildman–Crippen LogP) is 3.89. The summed E-state index contributed by atoms with van der Waals surface area (Å²) in [5.41, 5.74) is 2.51. The minimum Gasteiger partial charge on any atom is -0.0952 e. The van der Waals surface area contributed by atoms with E-state index in [-0.39, 0.29) is 0 Å². The molecule has 2 atom stereocenters. The Bertz CT molecular complexity index is 276. The summed E-state index contributed by atoms with van der Waals surface area (Å²) in [7, 11) is 0. The predicted molar refractivity (Wildman–Crippen MR) is 59.5 cm³/mol. The Morgan fingerprint density at radius 1 is 1.31 bits per heavy atom. The van der Waals surface area contributed by atoms with E-state index in [1.165, 1.54) is 11.1 Å². The Hall–Kier alpha value is -1.04. The molecule has 0 aromatic heterocycles. The molecule has 1 aliphatic rings. The molecular weight excluding hydrogens is 156 g/mol. The molecule has 0 N–H and O–H groups in total. The molecule has 1 rings (SSSR count). The van der Waals surface area contributed by atoms with Gasteiger partial charge in [-0.05, 0) is 25.3 Å². The Kier molecular flexibility index (Phi) is 3.30. The molecule has 0 aromatic carbocycles. The summed E-state index contributed by atoms with van der Waals surface area (Å²) in [4.78, 5) is 0. The molecule has 13 heavy (non-hydrogen) atoms. The van der Waals surface area contributed by atoms with E-state index in [1.54, 1.807) is 0 Å². The molecule has 0 radical (unpaired) electrons. The second kappa shape index (κ2) is 4.27. The fourth-order valence-corrected chi connectivity index (χ4v) is 1.35. The average Bonchev–Trinajstić information content (AvgIpc) is 2.11. The van der Waals surface area contributed by atoms with Crippen LogP contribution in [0.5, 0.6) is 0 Å². The normalized spacial score (nSPS) is 27.8. The molecule has 0 aliphatic heterocycles. The highest BCUT2D eigenvalue weighted by molar-refractivity contribution is 5.32.